The Bertz CT molecular complexity index is 481. The van der Waals surface area contributed by atoms with Crippen molar-refractivity contribution in [3.8, 4) is 6.07 Å². The first-order chi connectivity index (χ1) is 9.08. The average Bonchev–Trinajstić information content (AvgIpc) is 2.74. The van der Waals surface area contributed by atoms with E-state index in [1.807, 2.05) is 5.38 Å². The van der Waals surface area contributed by atoms with Gasteiger partial charge in [0.1, 0.15) is 11.1 Å². The van der Waals surface area contributed by atoms with Crippen LogP contribution in [0.3, 0.4) is 0 Å². The molecule has 1 amide bonds. The number of hydrogen-bond donors (Lipinski definition) is 1. The van der Waals surface area contributed by atoms with Crippen LogP contribution in [0.25, 0.3) is 0 Å². The van der Waals surface area contributed by atoms with Gasteiger partial charge in [0.05, 0.1) is 12.1 Å². The molecular weight excluding hydrogens is 258 g/mol. The minimum atomic E-state index is -0.0275. The maximum atomic E-state index is 12.0. The van der Waals surface area contributed by atoms with Gasteiger partial charge in [0.25, 0.3) is 0 Å². The number of thiophene rings is 1. The van der Waals surface area contributed by atoms with Crippen LogP contribution in [0.1, 0.15) is 25.8 Å². The topological polar surface area (TPSA) is 56.1 Å². The fourth-order valence-electron chi connectivity index (χ4n) is 2.78. The first-order valence-electron chi connectivity index (χ1n) is 6.58. The number of nitriles is 1. The summed E-state index contributed by atoms with van der Waals surface area (Å²) >= 11 is 1.39. The number of piperidine rings is 1. The van der Waals surface area contributed by atoms with Crippen molar-refractivity contribution in [2.45, 2.75) is 20.3 Å². The van der Waals surface area contributed by atoms with Crippen LogP contribution in [0.2, 0.25) is 0 Å². The second kappa shape index (κ2) is 6.18. The maximum Gasteiger partial charge on any atom is 0.239 e. The second-order valence-corrected chi connectivity index (χ2v) is 6.38. The standard InChI is InChI=1S/C14H19N3OS/c1-10-5-11(2)8-17(7-10)9-13(18)16-14-12(6-15)3-4-19-14/h3-4,10-11H,5,7-9H2,1-2H3,(H,16,18)/t10-,11-/m1/s1. The van der Waals surface area contributed by atoms with Crippen molar-refractivity contribution in [1.82, 2.24) is 4.90 Å². The molecule has 0 spiro atoms. The van der Waals surface area contributed by atoms with Gasteiger partial charge in [0.15, 0.2) is 0 Å². The van der Waals surface area contributed by atoms with Crippen molar-refractivity contribution < 1.29 is 4.79 Å². The average molecular weight is 277 g/mol. The van der Waals surface area contributed by atoms with Gasteiger partial charge in [-0.2, -0.15) is 5.26 Å². The number of nitrogens with one attached hydrogen (secondary N) is 1. The van der Waals surface area contributed by atoms with E-state index in [2.05, 4.69) is 30.1 Å². The first kappa shape index (κ1) is 14.0. The molecule has 1 aromatic rings. The van der Waals surface area contributed by atoms with Crippen molar-refractivity contribution in [2.24, 2.45) is 11.8 Å². The molecule has 19 heavy (non-hydrogen) atoms. The third-order valence-corrected chi connectivity index (χ3v) is 4.18. The minimum absolute atomic E-state index is 0.0275. The summed E-state index contributed by atoms with van der Waals surface area (Å²) < 4.78 is 0. The van der Waals surface area contributed by atoms with Crippen LogP contribution >= 0.6 is 11.3 Å². The Morgan fingerprint density at radius 2 is 2.21 bits per heavy atom. The molecule has 0 saturated carbocycles. The lowest BCUT2D eigenvalue weighted by Crippen LogP contribution is -2.42. The number of amides is 1. The zero-order chi connectivity index (χ0) is 13.8. The Labute approximate surface area is 118 Å². The monoisotopic (exact) mass is 277 g/mol. The molecule has 2 heterocycles. The first-order valence-corrected chi connectivity index (χ1v) is 7.46. The number of likely N-dealkylation sites (tertiary alicyclic amines) is 1. The fourth-order valence-corrected chi connectivity index (χ4v) is 3.54. The smallest absolute Gasteiger partial charge is 0.239 e. The van der Waals surface area contributed by atoms with E-state index in [-0.39, 0.29) is 5.91 Å². The quantitative estimate of drug-likeness (QED) is 0.923. The van der Waals surface area contributed by atoms with Crippen molar-refractivity contribution in [3.05, 3.63) is 17.0 Å². The summed E-state index contributed by atoms with van der Waals surface area (Å²) in [6.07, 6.45) is 1.24. The minimum Gasteiger partial charge on any atom is -0.315 e. The lowest BCUT2D eigenvalue weighted by Gasteiger charge is -2.34. The SMILES string of the molecule is C[C@@H]1C[C@@H](C)CN(CC(=O)Nc2sccc2C#N)C1. The van der Waals surface area contributed by atoms with Crippen LogP contribution in [0, 0.1) is 23.2 Å². The lowest BCUT2D eigenvalue weighted by atomic mass is 9.92. The molecule has 0 bridgehead atoms. The summed E-state index contributed by atoms with van der Waals surface area (Å²) in [5.41, 5.74) is 0.540. The maximum absolute atomic E-state index is 12.0. The molecule has 1 aliphatic heterocycles. The van der Waals surface area contributed by atoms with Crippen LogP contribution in [0.5, 0.6) is 0 Å². The Morgan fingerprint density at radius 3 is 2.84 bits per heavy atom. The molecule has 0 unspecified atom stereocenters. The van der Waals surface area contributed by atoms with Crippen molar-refractivity contribution in [3.63, 3.8) is 0 Å². The van der Waals surface area contributed by atoms with E-state index in [0.29, 0.717) is 28.9 Å². The highest BCUT2D eigenvalue weighted by molar-refractivity contribution is 7.14. The summed E-state index contributed by atoms with van der Waals surface area (Å²) in [7, 11) is 0. The third-order valence-electron chi connectivity index (χ3n) is 3.35. The van der Waals surface area contributed by atoms with Crippen molar-refractivity contribution in [2.75, 3.05) is 25.0 Å². The molecule has 0 radical (unpaired) electrons. The van der Waals surface area contributed by atoms with Crippen LogP contribution in [-0.4, -0.2) is 30.4 Å². The van der Waals surface area contributed by atoms with Crippen molar-refractivity contribution >= 4 is 22.2 Å². The summed E-state index contributed by atoms with van der Waals surface area (Å²) in [6.45, 7) is 6.83. The molecule has 1 N–H and O–H groups in total. The molecule has 5 heteroatoms. The summed E-state index contributed by atoms with van der Waals surface area (Å²) in [4.78, 5) is 14.2. The number of hydrogen-bond acceptors (Lipinski definition) is 4. The molecule has 1 aliphatic rings. The Morgan fingerprint density at radius 1 is 1.53 bits per heavy atom. The molecule has 4 nitrogen and oxygen atoms in total. The van der Waals surface area contributed by atoms with Gasteiger partial charge in [-0.25, -0.2) is 0 Å². The largest absolute Gasteiger partial charge is 0.315 e. The van der Waals surface area contributed by atoms with E-state index in [0.717, 1.165) is 13.1 Å². The normalized spacial score (nSPS) is 23.8. The predicted octanol–water partition coefficient (Wildman–Crippen LogP) is 2.54. The fraction of sp³-hybridized carbons (Fsp3) is 0.571. The van der Waals surface area contributed by atoms with E-state index >= 15 is 0 Å². The highest BCUT2D eigenvalue weighted by Crippen LogP contribution is 2.23. The third kappa shape index (κ3) is 3.79. The highest BCUT2D eigenvalue weighted by Gasteiger charge is 2.23. The van der Waals surface area contributed by atoms with Gasteiger partial charge >= 0.3 is 0 Å². The lowest BCUT2D eigenvalue weighted by molar-refractivity contribution is -0.117. The number of anilines is 1. The van der Waals surface area contributed by atoms with E-state index in [1.165, 1.54) is 17.8 Å². The number of carbonyl (C=O) groups is 1. The number of rotatable bonds is 3. The van der Waals surface area contributed by atoms with Gasteiger partial charge in [-0.15, -0.1) is 11.3 Å². The zero-order valence-electron chi connectivity index (χ0n) is 11.3. The van der Waals surface area contributed by atoms with E-state index in [1.54, 1.807) is 6.07 Å². The van der Waals surface area contributed by atoms with E-state index < -0.39 is 0 Å². The molecule has 1 fully saturated rings. The van der Waals surface area contributed by atoms with Gasteiger partial charge in [-0.3, -0.25) is 9.69 Å². The van der Waals surface area contributed by atoms with Gasteiger partial charge < -0.3 is 5.32 Å². The summed E-state index contributed by atoms with van der Waals surface area (Å²) in [5, 5.41) is 14.2. The number of carbonyl (C=O) groups excluding carboxylic acids is 1. The molecule has 0 aromatic carbocycles. The van der Waals surface area contributed by atoms with Crippen LogP contribution < -0.4 is 5.32 Å². The van der Waals surface area contributed by atoms with Crippen molar-refractivity contribution in [1.29, 1.82) is 5.26 Å². The molecule has 1 saturated heterocycles. The number of nitrogens with zero attached hydrogens (tertiary/aromatic N) is 2. The highest BCUT2D eigenvalue weighted by atomic mass is 32.1. The Kier molecular flexibility index (Phi) is 4.56. The molecule has 2 rings (SSSR count). The summed E-state index contributed by atoms with van der Waals surface area (Å²) in [6, 6.07) is 3.81. The van der Waals surface area contributed by atoms with Crippen LogP contribution in [-0.2, 0) is 4.79 Å². The van der Waals surface area contributed by atoms with E-state index in [4.69, 9.17) is 5.26 Å². The van der Waals surface area contributed by atoms with Gasteiger partial charge in [-0.1, -0.05) is 13.8 Å². The Balaban J connectivity index is 1.89. The van der Waals surface area contributed by atoms with Crippen LogP contribution in [0.4, 0.5) is 5.00 Å². The predicted molar refractivity (Wildman–Crippen MR) is 77.0 cm³/mol. The summed E-state index contributed by atoms with van der Waals surface area (Å²) in [5.74, 6) is 1.26. The molecular formula is C14H19N3OS. The Hall–Kier alpha value is -1.38. The molecule has 1 aromatic heterocycles. The zero-order valence-corrected chi connectivity index (χ0v) is 12.2. The van der Waals surface area contributed by atoms with E-state index in [9.17, 15) is 4.79 Å². The van der Waals surface area contributed by atoms with Gasteiger partial charge in [-0.05, 0) is 29.7 Å². The molecule has 0 aliphatic carbocycles. The van der Waals surface area contributed by atoms with Gasteiger partial charge in [0.2, 0.25) is 5.91 Å². The second-order valence-electron chi connectivity index (χ2n) is 5.46. The van der Waals surface area contributed by atoms with Crippen LogP contribution in [0.15, 0.2) is 11.4 Å². The molecule has 2 atom stereocenters. The van der Waals surface area contributed by atoms with Gasteiger partial charge in [0, 0.05) is 13.1 Å². The molecule has 102 valence electrons.